The van der Waals surface area contributed by atoms with Gasteiger partial charge < -0.3 is 5.11 Å². The van der Waals surface area contributed by atoms with E-state index in [1.165, 1.54) is 0 Å². The van der Waals surface area contributed by atoms with E-state index in [2.05, 4.69) is 4.98 Å². The van der Waals surface area contributed by atoms with E-state index in [1.807, 2.05) is 0 Å². The van der Waals surface area contributed by atoms with Crippen LogP contribution in [-0.2, 0) is 0 Å². The zero-order valence-corrected chi connectivity index (χ0v) is 11.0. The number of carboxylic acids is 1. The average molecular weight is 303 g/mol. The highest BCUT2D eigenvalue weighted by Crippen LogP contribution is 2.32. The van der Waals surface area contributed by atoms with Gasteiger partial charge >= 0.3 is 11.5 Å². The van der Waals surface area contributed by atoms with Crippen molar-refractivity contribution in [3.8, 4) is 0 Å². The second-order valence-corrected chi connectivity index (χ2v) is 6.34. The van der Waals surface area contributed by atoms with Crippen LogP contribution in [0.1, 0.15) is 15.4 Å². The molecule has 17 heavy (non-hydrogen) atoms. The van der Waals surface area contributed by atoms with Crippen LogP contribution in [0, 0.1) is 6.92 Å². The molecule has 1 aromatic heterocycles. The predicted octanol–water partition coefficient (Wildman–Crippen LogP) is 3.49. The molecule has 0 saturated carbocycles. The van der Waals surface area contributed by atoms with Crippen LogP contribution >= 0.6 is 34.9 Å². The molecule has 0 saturated heterocycles. The van der Waals surface area contributed by atoms with Crippen LogP contribution in [0.15, 0.2) is 4.34 Å². The topological polar surface area (TPSA) is 50.2 Å². The van der Waals surface area contributed by atoms with Crippen molar-refractivity contribution in [2.45, 2.75) is 16.8 Å². The van der Waals surface area contributed by atoms with Gasteiger partial charge in [0.25, 0.3) is 0 Å². The van der Waals surface area contributed by atoms with Crippen LogP contribution in [0.3, 0.4) is 0 Å². The normalized spacial score (nSPS) is 11.8. The van der Waals surface area contributed by atoms with Gasteiger partial charge in [0.15, 0.2) is 4.34 Å². The smallest absolute Gasteiger partial charge is 0.441 e. The lowest BCUT2D eigenvalue weighted by Crippen LogP contribution is -2.02. The van der Waals surface area contributed by atoms with Crippen molar-refractivity contribution >= 4 is 40.8 Å². The molecule has 0 bridgehead atoms. The van der Waals surface area contributed by atoms with Crippen LogP contribution in [0.4, 0.5) is 13.2 Å². The molecule has 0 aliphatic rings. The number of aromatic carboxylic acids is 1. The van der Waals surface area contributed by atoms with Gasteiger partial charge in [-0.25, -0.2) is 9.78 Å². The van der Waals surface area contributed by atoms with E-state index in [9.17, 15) is 18.0 Å². The van der Waals surface area contributed by atoms with E-state index in [0.29, 0.717) is 10.0 Å². The Kier molecular flexibility index (Phi) is 5.14. The standard InChI is InChI=1S/C8H8F3NO2S3/c1-4-5(6(13)14)17-7(12-4)15-2-3-16-8(9,10)11/h2-3H2,1H3,(H,13,14). The van der Waals surface area contributed by atoms with Gasteiger partial charge in [0.2, 0.25) is 0 Å². The maximum atomic E-state index is 11.8. The summed E-state index contributed by atoms with van der Waals surface area (Å²) in [6, 6.07) is 0. The molecule has 1 rings (SSSR count). The number of nitrogens with zero attached hydrogens (tertiary/aromatic N) is 1. The summed E-state index contributed by atoms with van der Waals surface area (Å²) in [6.07, 6.45) is 0. The molecular formula is C8H8F3NO2S3. The number of rotatable bonds is 5. The Morgan fingerprint density at radius 1 is 1.47 bits per heavy atom. The average Bonchev–Trinajstić information content (AvgIpc) is 2.53. The lowest BCUT2D eigenvalue weighted by Gasteiger charge is -2.03. The van der Waals surface area contributed by atoms with E-state index in [4.69, 9.17) is 5.11 Å². The zero-order chi connectivity index (χ0) is 13.1. The quantitative estimate of drug-likeness (QED) is 0.666. The highest BCUT2D eigenvalue weighted by Gasteiger charge is 2.27. The fourth-order valence-corrected chi connectivity index (χ4v) is 3.57. The first-order chi connectivity index (χ1) is 7.79. The van der Waals surface area contributed by atoms with Crippen molar-refractivity contribution in [2.24, 2.45) is 0 Å². The second kappa shape index (κ2) is 5.96. The van der Waals surface area contributed by atoms with E-state index in [0.717, 1.165) is 23.1 Å². The lowest BCUT2D eigenvalue weighted by atomic mass is 10.4. The number of aromatic nitrogens is 1. The number of thiazole rings is 1. The summed E-state index contributed by atoms with van der Waals surface area (Å²) < 4.78 is 35.9. The van der Waals surface area contributed by atoms with Crippen molar-refractivity contribution in [1.82, 2.24) is 4.98 Å². The first-order valence-corrected chi connectivity index (χ1v) is 7.12. The van der Waals surface area contributed by atoms with Crippen LogP contribution in [0.5, 0.6) is 0 Å². The fraction of sp³-hybridized carbons (Fsp3) is 0.500. The molecule has 0 aliphatic heterocycles. The largest absolute Gasteiger partial charge is 0.477 e. The molecule has 1 aromatic rings. The Morgan fingerprint density at radius 3 is 2.59 bits per heavy atom. The highest BCUT2D eigenvalue weighted by atomic mass is 32.2. The molecule has 0 atom stereocenters. The minimum absolute atomic E-state index is 0.0742. The van der Waals surface area contributed by atoms with Crippen LogP contribution < -0.4 is 0 Å². The summed E-state index contributed by atoms with van der Waals surface area (Å²) in [7, 11) is 0. The molecule has 0 unspecified atom stereocenters. The summed E-state index contributed by atoms with van der Waals surface area (Å²) in [6.45, 7) is 1.56. The number of carbonyl (C=O) groups is 1. The molecule has 96 valence electrons. The number of thioether (sulfide) groups is 2. The Hall–Kier alpha value is -0.410. The van der Waals surface area contributed by atoms with Gasteiger partial charge in [-0.1, -0.05) is 23.5 Å². The third-order valence-electron chi connectivity index (χ3n) is 1.55. The van der Waals surface area contributed by atoms with Crippen LogP contribution in [0.2, 0.25) is 0 Å². The zero-order valence-electron chi connectivity index (χ0n) is 8.58. The lowest BCUT2D eigenvalue weighted by molar-refractivity contribution is -0.0326. The molecule has 9 heteroatoms. The van der Waals surface area contributed by atoms with Gasteiger partial charge in [-0.2, -0.15) is 13.2 Å². The highest BCUT2D eigenvalue weighted by molar-refractivity contribution is 8.04. The first kappa shape index (κ1) is 14.7. The predicted molar refractivity (Wildman–Crippen MR) is 63.0 cm³/mol. The molecule has 0 fully saturated rings. The minimum Gasteiger partial charge on any atom is -0.477 e. The van der Waals surface area contributed by atoms with E-state index in [1.54, 1.807) is 6.92 Å². The summed E-state index contributed by atoms with van der Waals surface area (Å²) in [5.74, 6) is -0.887. The van der Waals surface area contributed by atoms with Gasteiger partial charge in [0, 0.05) is 11.5 Å². The van der Waals surface area contributed by atoms with Gasteiger partial charge in [-0.05, 0) is 6.92 Å². The summed E-state index contributed by atoms with van der Waals surface area (Å²) in [5.41, 5.74) is -3.82. The van der Waals surface area contributed by atoms with Crippen LogP contribution in [-0.4, -0.2) is 33.1 Å². The minimum atomic E-state index is -4.22. The summed E-state index contributed by atoms with van der Waals surface area (Å²) >= 11 is 2.03. The van der Waals surface area contributed by atoms with Crippen molar-refractivity contribution in [2.75, 3.05) is 11.5 Å². The summed E-state index contributed by atoms with van der Waals surface area (Å²) in [5, 5.41) is 8.77. The molecule has 0 amide bonds. The SMILES string of the molecule is Cc1nc(SCCSC(F)(F)F)sc1C(=O)O. The number of hydrogen-bond donors (Lipinski definition) is 1. The number of aryl methyl sites for hydroxylation is 1. The third kappa shape index (κ3) is 5.17. The number of alkyl halides is 3. The maximum absolute atomic E-state index is 11.8. The van der Waals surface area contributed by atoms with Crippen molar-refractivity contribution < 1.29 is 23.1 Å². The van der Waals surface area contributed by atoms with Gasteiger partial charge in [0.1, 0.15) is 4.88 Å². The number of carboxylic acid groups (broad SMARTS) is 1. The molecule has 0 radical (unpaired) electrons. The Balaban J connectivity index is 2.43. The molecule has 0 aromatic carbocycles. The molecule has 0 aliphatic carbocycles. The van der Waals surface area contributed by atoms with Crippen molar-refractivity contribution in [3.63, 3.8) is 0 Å². The molecule has 1 N–H and O–H groups in total. The first-order valence-electron chi connectivity index (χ1n) is 4.34. The fourth-order valence-electron chi connectivity index (χ4n) is 0.918. The summed E-state index contributed by atoms with van der Waals surface area (Å²) in [4.78, 5) is 14.8. The third-order valence-corrected chi connectivity index (χ3v) is 4.83. The van der Waals surface area contributed by atoms with Crippen molar-refractivity contribution in [1.29, 1.82) is 0 Å². The van der Waals surface area contributed by atoms with E-state index >= 15 is 0 Å². The molecule has 3 nitrogen and oxygen atoms in total. The maximum Gasteiger partial charge on any atom is 0.441 e. The molecule has 1 heterocycles. The van der Waals surface area contributed by atoms with E-state index in [-0.39, 0.29) is 28.1 Å². The molecular weight excluding hydrogens is 295 g/mol. The number of halogens is 3. The Morgan fingerprint density at radius 2 is 2.12 bits per heavy atom. The van der Waals surface area contributed by atoms with Gasteiger partial charge in [0.05, 0.1) is 5.69 Å². The number of hydrogen-bond acceptors (Lipinski definition) is 5. The van der Waals surface area contributed by atoms with E-state index < -0.39 is 11.5 Å². The monoisotopic (exact) mass is 303 g/mol. The van der Waals surface area contributed by atoms with Crippen molar-refractivity contribution in [3.05, 3.63) is 10.6 Å². The van der Waals surface area contributed by atoms with Crippen LogP contribution in [0.25, 0.3) is 0 Å². The Labute approximate surface area is 108 Å². The van der Waals surface area contributed by atoms with Gasteiger partial charge in [-0.15, -0.1) is 11.3 Å². The second-order valence-electron chi connectivity index (χ2n) is 2.84. The Bertz CT molecular complexity index is 405. The van der Waals surface area contributed by atoms with Gasteiger partial charge in [-0.3, -0.25) is 0 Å². The molecule has 0 spiro atoms.